The Morgan fingerprint density at radius 3 is 2.57 bits per heavy atom. The summed E-state index contributed by atoms with van der Waals surface area (Å²) in [5.74, 6) is 0.415. The van der Waals surface area contributed by atoms with Gasteiger partial charge in [-0.3, -0.25) is 0 Å². The van der Waals surface area contributed by atoms with Crippen molar-refractivity contribution in [1.29, 1.82) is 10.5 Å². The Morgan fingerprint density at radius 1 is 1.10 bits per heavy atom. The molecule has 102 valence electrons. The molecule has 0 radical (unpaired) electrons. The maximum atomic E-state index is 13.1. The number of halogens is 1. The summed E-state index contributed by atoms with van der Waals surface area (Å²) >= 11 is 0. The molecule has 0 amide bonds. The summed E-state index contributed by atoms with van der Waals surface area (Å²) in [5, 5.41) is 20.2. The van der Waals surface area contributed by atoms with Crippen LogP contribution in [0.15, 0.2) is 60.3 Å². The Morgan fingerprint density at radius 2 is 1.86 bits per heavy atom. The third kappa shape index (κ3) is 3.82. The van der Waals surface area contributed by atoms with Crippen molar-refractivity contribution in [3.63, 3.8) is 0 Å². The summed E-state index contributed by atoms with van der Waals surface area (Å²) in [4.78, 5) is 0. The van der Waals surface area contributed by atoms with Crippen LogP contribution in [0.25, 0.3) is 0 Å². The third-order valence-electron chi connectivity index (χ3n) is 2.52. The SMILES string of the molecule is N#CC(C#N)=CNc1ccccc1Oc1cccc(F)c1. The van der Waals surface area contributed by atoms with Crippen molar-refractivity contribution >= 4 is 5.69 Å². The fourth-order valence-corrected chi connectivity index (χ4v) is 1.57. The van der Waals surface area contributed by atoms with E-state index < -0.39 is 5.82 Å². The zero-order chi connectivity index (χ0) is 15.1. The van der Waals surface area contributed by atoms with Crippen molar-refractivity contribution in [2.45, 2.75) is 0 Å². The summed E-state index contributed by atoms with van der Waals surface area (Å²) in [7, 11) is 0. The summed E-state index contributed by atoms with van der Waals surface area (Å²) in [6.07, 6.45) is 1.29. The number of hydrogen-bond donors (Lipinski definition) is 1. The van der Waals surface area contributed by atoms with E-state index in [0.717, 1.165) is 0 Å². The van der Waals surface area contributed by atoms with Crippen LogP contribution >= 0.6 is 0 Å². The molecule has 4 nitrogen and oxygen atoms in total. The van der Waals surface area contributed by atoms with Crippen LogP contribution in [0.3, 0.4) is 0 Å². The Hall–Kier alpha value is -3.31. The van der Waals surface area contributed by atoms with Crippen molar-refractivity contribution in [2.24, 2.45) is 0 Å². The van der Waals surface area contributed by atoms with Gasteiger partial charge in [-0.05, 0) is 24.3 Å². The molecule has 0 aliphatic heterocycles. The van der Waals surface area contributed by atoms with Crippen molar-refractivity contribution in [3.8, 4) is 23.6 Å². The van der Waals surface area contributed by atoms with Gasteiger partial charge < -0.3 is 10.1 Å². The van der Waals surface area contributed by atoms with Gasteiger partial charge in [0.1, 0.15) is 29.3 Å². The van der Waals surface area contributed by atoms with E-state index in [1.165, 1.54) is 18.3 Å². The molecule has 0 aromatic heterocycles. The number of benzene rings is 2. The molecule has 0 bridgehead atoms. The van der Waals surface area contributed by atoms with Crippen molar-refractivity contribution in [3.05, 3.63) is 66.1 Å². The van der Waals surface area contributed by atoms with E-state index in [9.17, 15) is 4.39 Å². The van der Waals surface area contributed by atoms with E-state index >= 15 is 0 Å². The predicted octanol–water partition coefficient (Wildman–Crippen LogP) is 3.96. The van der Waals surface area contributed by atoms with E-state index in [0.29, 0.717) is 17.2 Å². The monoisotopic (exact) mass is 279 g/mol. The number of ether oxygens (including phenoxy) is 1. The summed E-state index contributed by atoms with van der Waals surface area (Å²) in [6.45, 7) is 0. The Bertz CT molecular complexity index is 741. The van der Waals surface area contributed by atoms with Crippen molar-refractivity contribution in [1.82, 2.24) is 0 Å². The lowest BCUT2D eigenvalue weighted by Crippen LogP contribution is -1.94. The first-order chi connectivity index (χ1) is 10.2. The van der Waals surface area contributed by atoms with Crippen LogP contribution in [0.1, 0.15) is 0 Å². The fraction of sp³-hybridized carbons (Fsp3) is 0. The topological polar surface area (TPSA) is 68.8 Å². The van der Waals surface area contributed by atoms with Crippen LogP contribution in [-0.4, -0.2) is 0 Å². The second kappa shape index (κ2) is 6.74. The van der Waals surface area contributed by atoms with Crippen LogP contribution in [0.5, 0.6) is 11.5 Å². The highest BCUT2D eigenvalue weighted by Gasteiger charge is 2.04. The molecule has 0 aliphatic carbocycles. The maximum absolute atomic E-state index is 13.1. The minimum absolute atomic E-state index is 0.0597. The van der Waals surface area contributed by atoms with Gasteiger partial charge in [0.15, 0.2) is 5.75 Å². The number of anilines is 1. The highest BCUT2D eigenvalue weighted by Crippen LogP contribution is 2.29. The average molecular weight is 279 g/mol. The average Bonchev–Trinajstić information content (AvgIpc) is 2.50. The lowest BCUT2D eigenvalue weighted by molar-refractivity contribution is 0.479. The van der Waals surface area contributed by atoms with Crippen LogP contribution in [0.2, 0.25) is 0 Å². The van der Waals surface area contributed by atoms with Gasteiger partial charge in [0.25, 0.3) is 0 Å². The lowest BCUT2D eigenvalue weighted by Gasteiger charge is -2.10. The van der Waals surface area contributed by atoms with E-state index in [1.807, 2.05) is 0 Å². The van der Waals surface area contributed by atoms with Gasteiger partial charge in [-0.15, -0.1) is 0 Å². The number of allylic oxidation sites excluding steroid dienone is 1. The molecule has 2 aromatic rings. The Balaban J connectivity index is 2.24. The lowest BCUT2D eigenvalue weighted by atomic mass is 10.2. The summed E-state index contributed by atoms with van der Waals surface area (Å²) in [6, 6.07) is 16.2. The molecular formula is C16H10FN3O. The molecule has 0 atom stereocenters. The van der Waals surface area contributed by atoms with Crippen LogP contribution in [0, 0.1) is 28.5 Å². The molecule has 0 spiro atoms. The van der Waals surface area contributed by atoms with Gasteiger partial charge >= 0.3 is 0 Å². The van der Waals surface area contributed by atoms with Crippen LogP contribution in [0.4, 0.5) is 10.1 Å². The molecule has 0 heterocycles. The molecule has 0 saturated carbocycles. The number of nitrogens with zero attached hydrogens (tertiary/aromatic N) is 2. The molecule has 1 N–H and O–H groups in total. The highest BCUT2D eigenvalue weighted by molar-refractivity contribution is 5.60. The first-order valence-electron chi connectivity index (χ1n) is 6.02. The number of nitriles is 2. The van der Waals surface area contributed by atoms with Crippen LogP contribution in [-0.2, 0) is 0 Å². The zero-order valence-corrected chi connectivity index (χ0v) is 10.9. The van der Waals surface area contributed by atoms with Crippen molar-refractivity contribution in [2.75, 3.05) is 5.32 Å². The number of para-hydroxylation sites is 2. The highest BCUT2D eigenvalue weighted by atomic mass is 19.1. The van der Waals surface area contributed by atoms with Crippen LogP contribution < -0.4 is 10.1 Å². The molecule has 0 saturated heterocycles. The van der Waals surface area contributed by atoms with E-state index in [2.05, 4.69) is 5.32 Å². The summed E-state index contributed by atoms with van der Waals surface area (Å²) < 4.78 is 18.7. The minimum atomic E-state index is -0.394. The zero-order valence-electron chi connectivity index (χ0n) is 10.9. The Labute approximate surface area is 121 Å². The molecule has 2 aromatic carbocycles. The van der Waals surface area contributed by atoms with E-state index in [4.69, 9.17) is 15.3 Å². The standard InChI is InChI=1S/C16H10FN3O/c17-13-4-3-5-14(8-13)21-16-7-2-1-6-15(16)20-11-12(9-18)10-19/h1-8,11,20H. The van der Waals surface area contributed by atoms with E-state index in [1.54, 1.807) is 48.5 Å². The number of nitrogens with one attached hydrogen (secondary N) is 1. The largest absolute Gasteiger partial charge is 0.455 e. The Kier molecular flexibility index (Phi) is 4.53. The number of rotatable bonds is 4. The molecule has 0 aliphatic rings. The molecule has 5 heteroatoms. The maximum Gasteiger partial charge on any atom is 0.150 e. The molecular weight excluding hydrogens is 269 g/mol. The quantitative estimate of drug-likeness (QED) is 0.860. The molecule has 0 fully saturated rings. The van der Waals surface area contributed by atoms with Gasteiger partial charge in [0.05, 0.1) is 5.69 Å². The van der Waals surface area contributed by atoms with Gasteiger partial charge in [-0.25, -0.2) is 4.39 Å². The summed E-state index contributed by atoms with van der Waals surface area (Å²) in [5.41, 5.74) is 0.500. The van der Waals surface area contributed by atoms with Gasteiger partial charge in [-0.1, -0.05) is 18.2 Å². The van der Waals surface area contributed by atoms with Gasteiger partial charge in [-0.2, -0.15) is 10.5 Å². The fourth-order valence-electron chi connectivity index (χ4n) is 1.57. The van der Waals surface area contributed by atoms with E-state index in [-0.39, 0.29) is 5.57 Å². The number of hydrogen-bond acceptors (Lipinski definition) is 4. The smallest absolute Gasteiger partial charge is 0.150 e. The predicted molar refractivity (Wildman–Crippen MR) is 75.8 cm³/mol. The molecule has 2 rings (SSSR count). The van der Waals surface area contributed by atoms with Crippen molar-refractivity contribution < 1.29 is 9.13 Å². The third-order valence-corrected chi connectivity index (χ3v) is 2.52. The first-order valence-corrected chi connectivity index (χ1v) is 6.02. The van der Waals surface area contributed by atoms with Gasteiger partial charge in [0.2, 0.25) is 0 Å². The molecule has 0 unspecified atom stereocenters. The normalized spacial score (nSPS) is 9.10. The molecule has 21 heavy (non-hydrogen) atoms. The second-order valence-corrected chi connectivity index (χ2v) is 3.98. The van der Waals surface area contributed by atoms with Gasteiger partial charge in [0, 0.05) is 12.3 Å². The first kappa shape index (κ1) is 14.1. The second-order valence-electron chi connectivity index (χ2n) is 3.98. The minimum Gasteiger partial charge on any atom is -0.455 e.